The summed E-state index contributed by atoms with van der Waals surface area (Å²) in [4.78, 5) is 4.70. The number of aryl methyl sites for hydroxylation is 2. The monoisotopic (exact) mass is 262 g/mol. The van der Waals surface area contributed by atoms with Crippen molar-refractivity contribution in [2.75, 3.05) is 45.6 Å². The normalized spacial score (nSPS) is 21.3. The molecule has 0 saturated carbocycles. The van der Waals surface area contributed by atoms with Gasteiger partial charge < -0.3 is 10.2 Å². The molecule has 0 amide bonds. The molecule has 0 aromatic carbocycles. The van der Waals surface area contributed by atoms with E-state index in [0.29, 0.717) is 11.6 Å². The van der Waals surface area contributed by atoms with Crippen LogP contribution in [-0.4, -0.2) is 65.9 Å². The molecular weight excluding hydrogens is 240 g/mol. The molecule has 0 bridgehead atoms. The number of nitrogens with one attached hydrogen (secondary N) is 1. The number of nitriles is 1. The predicted octanol–water partition coefficient (Wildman–Crippen LogP) is 0.258. The van der Waals surface area contributed by atoms with Gasteiger partial charge in [0.2, 0.25) is 0 Å². The third-order valence-electron chi connectivity index (χ3n) is 3.82. The summed E-state index contributed by atoms with van der Waals surface area (Å²) in [6.07, 6.45) is 0. The zero-order valence-electron chi connectivity index (χ0n) is 12.1. The van der Waals surface area contributed by atoms with Gasteiger partial charge in [-0.2, -0.15) is 10.4 Å². The molecule has 2 rings (SSSR count). The van der Waals surface area contributed by atoms with Crippen molar-refractivity contribution < 1.29 is 0 Å². The van der Waals surface area contributed by atoms with Crippen molar-refractivity contribution in [2.45, 2.75) is 13.0 Å². The van der Waals surface area contributed by atoms with Crippen molar-refractivity contribution >= 4 is 5.82 Å². The van der Waals surface area contributed by atoms with Gasteiger partial charge in [-0.15, -0.1) is 0 Å². The third kappa shape index (κ3) is 2.88. The summed E-state index contributed by atoms with van der Waals surface area (Å²) in [7, 11) is 6.17. The molecule has 2 heterocycles. The van der Waals surface area contributed by atoms with Crippen LogP contribution in [0.2, 0.25) is 0 Å². The summed E-state index contributed by atoms with van der Waals surface area (Å²) < 4.78 is 1.75. The first-order valence-electron chi connectivity index (χ1n) is 6.59. The number of anilines is 1. The van der Waals surface area contributed by atoms with E-state index in [1.54, 1.807) is 4.68 Å². The van der Waals surface area contributed by atoms with E-state index in [9.17, 15) is 5.26 Å². The second-order valence-corrected chi connectivity index (χ2v) is 5.32. The standard InChI is InChI=1S/C13H22N6/c1-10-12(7-14)13(19(4)16-10)15-8-11-9-17(2)5-6-18(11)3/h11,15H,5-6,8-9H2,1-4H3. The second-order valence-electron chi connectivity index (χ2n) is 5.32. The van der Waals surface area contributed by atoms with Crippen molar-refractivity contribution in [1.82, 2.24) is 19.6 Å². The van der Waals surface area contributed by atoms with Crippen LogP contribution in [0.4, 0.5) is 5.82 Å². The highest BCUT2D eigenvalue weighted by atomic mass is 15.3. The lowest BCUT2D eigenvalue weighted by Crippen LogP contribution is -2.52. The number of aromatic nitrogens is 2. The van der Waals surface area contributed by atoms with Gasteiger partial charge in [0.1, 0.15) is 17.5 Å². The third-order valence-corrected chi connectivity index (χ3v) is 3.82. The maximum Gasteiger partial charge on any atom is 0.142 e. The van der Waals surface area contributed by atoms with E-state index in [2.05, 4.69) is 40.4 Å². The largest absolute Gasteiger partial charge is 0.368 e. The second kappa shape index (κ2) is 5.59. The van der Waals surface area contributed by atoms with Crippen molar-refractivity contribution in [3.8, 4) is 6.07 Å². The molecule has 19 heavy (non-hydrogen) atoms. The van der Waals surface area contributed by atoms with Crippen LogP contribution in [0, 0.1) is 18.3 Å². The number of hydrogen-bond donors (Lipinski definition) is 1. The molecular formula is C13H22N6. The van der Waals surface area contributed by atoms with E-state index in [1.165, 1.54) is 0 Å². The van der Waals surface area contributed by atoms with Gasteiger partial charge in [-0.05, 0) is 21.0 Å². The van der Waals surface area contributed by atoms with Crippen LogP contribution in [-0.2, 0) is 7.05 Å². The van der Waals surface area contributed by atoms with E-state index in [1.807, 2.05) is 14.0 Å². The maximum atomic E-state index is 9.18. The van der Waals surface area contributed by atoms with Crippen LogP contribution in [0.25, 0.3) is 0 Å². The molecule has 104 valence electrons. The average Bonchev–Trinajstić information content (AvgIpc) is 2.64. The first-order valence-corrected chi connectivity index (χ1v) is 6.59. The summed E-state index contributed by atoms with van der Waals surface area (Å²) in [5.41, 5.74) is 1.43. The van der Waals surface area contributed by atoms with Gasteiger partial charge in [0, 0.05) is 39.3 Å². The molecule has 1 saturated heterocycles. The molecule has 1 unspecified atom stereocenters. The minimum atomic E-state index is 0.459. The van der Waals surface area contributed by atoms with Crippen LogP contribution in [0.3, 0.4) is 0 Å². The van der Waals surface area contributed by atoms with Crippen LogP contribution in [0.15, 0.2) is 0 Å². The van der Waals surface area contributed by atoms with Crippen molar-refractivity contribution in [3.63, 3.8) is 0 Å². The Hall–Kier alpha value is -1.58. The lowest BCUT2D eigenvalue weighted by Gasteiger charge is -2.37. The minimum Gasteiger partial charge on any atom is -0.368 e. The Kier molecular flexibility index (Phi) is 4.08. The summed E-state index contributed by atoms with van der Waals surface area (Å²) in [5, 5.41) is 16.9. The van der Waals surface area contributed by atoms with E-state index in [0.717, 1.165) is 37.7 Å². The smallest absolute Gasteiger partial charge is 0.142 e. The predicted molar refractivity (Wildman–Crippen MR) is 75.1 cm³/mol. The van der Waals surface area contributed by atoms with Crippen LogP contribution in [0.5, 0.6) is 0 Å². The Morgan fingerprint density at radius 3 is 2.79 bits per heavy atom. The van der Waals surface area contributed by atoms with Crippen molar-refractivity contribution in [2.24, 2.45) is 7.05 Å². The molecule has 1 aliphatic rings. The zero-order valence-corrected chi connectivity index (χ0v) is 12.1. The quantitative estimate of drug-likeness (QED) is 0.846. The van der Waals surface area contributed by atoms with Gasteiger partial charge >= 0.3 is 0 Å². The van der Waals surface area contributed by atoms with Gasteiger partial charge in [-0.25, -0.2) is 0 Å². The molecule has 0 spiro atoms. The molecule has 1 aromatic rings. The van der Waals surface area contributed by atoms with Crippen LogP contribution >= 0.6 is 0 Å². The average molecular weight is 262 g/mol. The van der Waals surface area contributed by atoms with Crippen LogP contribution in [0.1, 0.15) is 11.3 Å². The van der Waals surface area contributed by atoms with E-state index >= 15 is 0 Å². The van der Waals surface area contributed by atoms with Gasteiger partial charge in [-0.3, -0.25) is 9.58 Å². The fourth-order valence-corrected chi connectivity index (χ4v) is 2.53. The summed E-state index contributed by atoms with van der Waals surface area (Å²) in [6, 6.07) is 2.68. The molecule has 1 atom stereocenters. The Bertz CT molecular complexity index is 486. The number of likely N-dealkylation sites (N-methyl/N-ethyl adjacent to an activating group) is 2. The van der Waals surface area contributed by atoms with Gasteiger partial charge in [-0.1, -0.05) is 0 Å². The molecule has 1 fully saturated rings. The molecule has 6 nitrogen and oxygen atoms in total. The fraction of sp³-hybridized carbons (Fsp3) is 0.692. The fourth-order valence-electron chi connectivity index (χ4n) is 2.53. The first-order chi connectivity index (χ1) is 9.02. The molecule has 0 radical (unpaired) electrons. The zero-order chi connectivity index (χ0) is 14.0. The Morgan fingerprint density at radius 2 is 2.11 bits per heavy atom. The topological polar surface area (TPSA) is 60.1 Å². The number of rotatable bonds is 3. The lowest BCUT2D eigenvalue weighted by molar-refractivity contribution is 0.121. The van der Waals surface area contributed by atoms with E-state index in [-0.39, 0.29) is 0 Å². The molecule has 0 aliphatic carbocycles. The lowest BCUT2D eigenvalue weighted by atomic mass is 10.2. The van der Waals surface area contributed by atoms with Crippen molar-refractivity contribution in [3.05, 3.63) is 11.3 Å². The molecule has 1 aromatic heterocycles. The van der Waals surface area contributed by atoms with Gasteiger partial charge in [0.05, 0.1) is 5.69 Å². The number of piperazine rings is 1. The van der Waals surface area contributed by atoms with Crippen molar-refractivity contribution in [1.29, 1.82) is 5.26 Å². The minimum absolute atomic E-state index is 0.459. The van der Waals surface area contributed by atoms with Gasteiger partial charge in [0.25, 0.3) is 0 Å². The Labute approximate surface area is 114 Å². The Balaban J connectivity index is 2.04. The first kappa shape index (κ1) is 13.8. The highest BCUT2D eigenvalue weighted by Crippen LogP contribution is 2.18. The number of nitrogens with zero attached hydrogens (tertiary/aromatic N) is 5. The Morgan fingerprint density at radius 1 is 1.37 bits per heavy atom. The van der Waals surface area contributed by atoms with E-state index in [4.69, 9.17) is 0 Å². The number of hydrogen-bond acceptors (Lipinski definition) is 5. The van der Waals surface area contributed by atoms with Crippen LogP contribution < -0.4 is 5.32 Å². The van der Waals surface area contributed by atoms with E-state index < -0.39 is 0 Å². The summed E-state index contributed by atoms with van der Waals surface area (Å²) in [5.74, 6) is 0.821. The SMILES string of the molecule is Cc1nn(C)c(NCC2CN(C)CCN2C)c1C#N. The summed E-state index contributed by atoms with van der Waals surface area (Å²) in [6.45, 7) is 5.93. The highest BCUT2D eigenvalue weighted by molar-refractivity contribution is 5.55. The summed E-state index contributed by atoms with van der Waals surface area (Å²) >= 11 is 0. The molecule has 1 aliphatic heterocycles. The maximum absolute atomic E-state index is 9.18. The van der Waals surface area contributed by atoms with Gasteiger partial charge in [0.15, 0.2) is 0 Å². The molecule has 6 heteroatoms. The molecule has 1 N–H and O–H groups in total. The highest BCUT2D eigenvalue weighted by Gasteiger charge is 2.23.